The maximum absolute atomic E-state index is 12.8. The summed E-state index contributed by atoms with van der Waals surface area (Å²) in [6.45, 7) is 5.39. The van der Waals surface area contributed by atoms with E-state index in [4.69, 9.17) is 0 Å². The Morgan fingerprint density at radius 1 is 1.43 bits per heavy atom. The van der Waals surface area contributed by atoms with Crippen molar-refractivity contribution in [2.24, 2.45) is 0 Å². The fourth-order valence-corrected chi connectivity index (χ4v) is 2.71. The maximum Gasteiger partial charge on any atom is 0.238 e. The van der Waals surface area contributed by atoms with Crippen LogP contribution in [0.15, 0.2) is 24.3 Å². The summed E-state index contributed by atoms with van der Waals surface area (Å²) in [4.78, 5) is 14.3. The van der Waals surface area contributed by atoms with Crippen LogP contribution in [0.4, 0.5) is 10.1 Å². The molecule has 2 rings (SSSR count). The summed E-state index contributed by atoms with van der Waals surface area (Å²) in [6, 6.07) is 6.35. The van der Waals surface area contributed by atoms with E-state index in [1.807, 2.05) is 0 Å². The van der Waals surface area contributed by atoms with E-state index in [-0.39, 0.29) is 11.7 Å². The van der Waals surface area contributed by atoms with Crippen LogP contribution in [0, 0.1) is 5.82 Å². The number of anilines is 1. The van der Waals surface area contributed by atoms with Gasteiger partial charge in [-0.25, -0.2) is 4.39 Å². The average molecular weight is 293 g/mol. The van der Waals surface area contributed by atoms with Gasteiger partial charge in [0.2, 0.25) is 5.91 Å². The minimum Gasteiger partial charge on any atom is -0.325 e. The highest BCUT2D eigenvalue weighted by atomic mass is 19.1. The van der Waals surface area contributed by atoms with Gasteiger partial charge in [-0.1, -0.05) is 6.92 Å². The molecule has 1 fully saturated rings. The fraction of sp³-hybridized carbons (Fsp3) is 0.562. The summed E-state index contributed by atoms with van der Waals surface area (Å²) in [5.41, 5.74) is 0.636. The van der Waals surface area contributed by atoms with Crippen LogP contribution >= 0.6 is 0 Å². The van der Waals surface area contributed by atoms with Crippen molar-refractivity contribution in [3.05, 3.63) is 30.1 Å². The molecular weight excluding hydrogens is 269 g/mol. The Kier molecular flexibility index (Phi) is 6.14. The first-order chi connectivity index (χ1) is 10.2. The summed E-state index contributed by atoms with van der Waals surface area (Å²) < 4.78 is 12.8. The summed E-state index contributed by atoms with van der Waals surface area (Å²) in [5.74, 6) is -0.346. The molecule has 1 amide bonds. The Morgan fingerprint density at radius 3 is 2.81 bits per heavy atom. The lowest BCUT2D eigenvalue weighted by Gasteiger charge is -2.24. The number of halogens is 1. The summed E-state index contributed by atoms with van der Waals surface area (Å²) in [5, 5.41) is 6.27. The Bertz CT molecular complexity index is 443. The van der Waals surface area contributed by atoms with E-state index in [0.717, 1.165) is 26.1 Å². The van der Waals surface area contributed by atoms with Crippen LogP contribution in [0.25, 0.3) is 0 Å². The lowest BCUT2D eigenvalue weighted by Crippen LogP contribution is -2.41. The Balaban J connectivity index is 1.83. The molecule has 1 aromatic rings. The molecule has 1 aliphatic rings. The van der Waals surface area contributed by atoms with Crippen molar-refractivity contribution in [1.82, 2.24) is 10.2 Å². The van der Waals surface area contributed by atoms with Crippen molar-refractivity contribution >= 4 is 11.6 Å². The lowest BCUT2D eigenvalue weighted by atomic mass is 10.2. The molecule has 5 heteroatoms. The Morgan fingerprint density at radius 2 is 2.19 bits per heavy atom. The molecule has 0 bridgehead atoms. The first kappa shape index (κ1) is 15.9. The maximum atomic E-state index is 12.8. The lowest BCUT2D eigenvalue weighted by molar-refractivity contribution is -0.117. The number of hydrogen-bond acceptors (Lipinski definition) is 3. The number of nitrogens with zero attached hydrogens (tertiary/aromatic N) is 1. The molecule has 1 atom stereocenters. The molecule has 4 nitrogen and oxygen atoms in total. The number of amides is 1. The van der Waals surface area contributed by atoms with Crippen LogP contribution < -0.4 is 10.6 Å². The predicted octanol–water partition coefficient (Wildman–Crippen LogP) is 2.23. The van der Waals surface area contributed by atoms with Gasteiger partial charge >= 0.3 is 0 Å². The van der Waals surface area contributed by atoms with Crippen molar-refractivity contribution in [1.29, 1.82) is 0 Å². The van der Waals surface area contributed by atoms with Crippen molar-refractivity contribution in [2.45, 2.75) is 32.2 Å². The second-order valence-corrected chi connectivity index (χ2v) is 5.58. The third-order valence-corrected chi connectivity index (χ3v) is 3.68. The number of hydrogen-bond donors (Lipinski definition) is 2. The van der Waals surface area contributed by atoms with Gasteiger partial charge in [0.1, 0.15) is 5.82 Å². The molecule has 1 saturated heterocycles. The van der Waals surface area contributed by atoms with Gasteiger partial charge in [0, 0.05) is 18.3 Å². The van der Waals surface area contributed by atoms with E-state index >= 15 is 0 Å². The molecule has 0 saturated carbocycles. The van der Waals surface area contributed by atoms with Gasteiger partial charge in [0.25, 0.3) is 0 Å². The van der Waals surface area contributed by atoms with Crippen LogP contribution in [0.3, 0.4) is 0 Å². The van der Waals surface area contributed by atoms with Crippen molar-refractivity contribution in [2.75, 3.05) is 31.5 Å². The van der Waals surface area contributed by atoms with Crippen LogP contribution in [-0.2, 0) is 4.79 Å². The highest BCUT2D eigenvalue weighted by molar-refractivity contribution is 5.92. The van der Waals surface area contributed by atoms with Gasteiger partial charge in [-0.3, -0.25) is 9.69 Å². The average Bonchev–Trinajstić information content (AvgIpc) is 2.94. The highest BCUT2D eigenvalue weighted by Gasteiger charge is 2.19. The zero-order chi connectivity index (χ0) is 15.1. The van der Waals surface area contributed by atoms with Crippen molar-refractivity contribution in [3.8, 4) is 0 Å². The second kappa shape index (κ2) is 8.10. The molecule has 21 heavy (non-hydrogen) atoms. The van der Waals surface area contributed by atoms with Gasteiger partial charge in [0.15, 0.2) is 0 Å². The summed E-state index contributed by atoms with van der Waals surface area (Å²) >= 11 is 0. The summed E-state index contributed by atoms with van der Waals surface area (Å²) in [6.07, 6.45) is 3.42. The minimum atomic E-state index is -0.298. The number of nitrogens with one attached hydrogen (secondary N) is 2. The predicted molar refractivity (Wildman–Crippen MR) is 82.8 cm³/mol. The van der Waals surface area contributed by atoms with Crippen LogP contribution in [-0.4, -0.2) is 43.0 Å². The van der Waals surface area contributed by atoms with Gasteiger partial charge in [-0.15, -0.1) is 0 Å². The zero-order valence-corrected chi connectivity index (χ0v) is 12.6. The first-order valence-corrected chi connectivity index (χ1v) is 7.68. The minimum absolute atomic E-state index is 0.0481. The SMILES string of the molecule is CCCN(CC(=O)Nc1ccc(F)cc1)CC1CCCN1. The van der Waals surface area contributed by atoms with Gasteiger partial charge < -0.3 is 10.6 Å². The number of carbonyl (C=O) groups is 1. The monoisotopic (exact) mass is 293 g/mol. The van der Waals surface area contributed by atoms with Crippen LogP contribution in [0.2, 0.25) is 0 Å². The largest absolute Gasteiger partial charge is 0.325 e. The molecule has 0 spiro atoms. The molecular formula is C16H24FN3O. The smallest absolute Gasteiger partial charge is 0.238 e. The zero-order valence-electron chi connectivity index (χ0n) is 12.6. The molecule has 1 aromatic carbocycles. The van der Waals surface area contributed by atoms with Gasteiger partial charge in [-0.05, 0) is 56.6 Å². The molecule has 0 radical (unpaired) electrons. The van der Waals surface area contributed by atoms with Gasteiger partial charge in [0.05, 0.1) is 6.54 Å². The standard InChI is InChI=1S/C16H24FN3O/c1-2-10-20(11-15-4-3-9-18-15)12-16(21)19-14-7-5-13(17)6-8-14/h5-8,15,18H,2-4,9-12H2,1H3,(H,19,21). The topological polar surface area (TPSA) is 44.4 Å². The van der Waals surface area contributed by atoms with E-state index in [2.05, 4.69) is 22.5 Å². The molecule has 2 N–H and O–H groups in total. The third kappa shape index (κ3) is 5.44. The van der Waals surface area contributed by atoms with Crippen LogP contribution in [0.5, 0.6) is 0 Å². The molecule has 1 aliphatic heterocycles. The normalized spacial score (nSPS) is 18.1. The van der Waals surface area contributed by atoms with E-state index in [1.165, 1.54) is 25.0 Å². The van der Waals surface area contributed by atoms with E-state index < -0.39 is 0 Å². The number of rotatable bonds is 7. The summed E-state index contributed by atoms with van der Waals surface area (Å²) in [7, 11) is 0. The van der Waals surface area contributed by atoms with Crippen LogP contribution in [0.1, 0.15) is 26.2 Å². The van der Waals surface area contributed by atoms with Crippen molar-refractivity contribution < 1.29 is 9.18 Å². The van der Waals surface area contributed by atoms with E-state index in [1.54, 1.807) is 12.1 Å². The van der Waals surface area contributed by atoms with E-state index in [9.17, 15) is 9.18 Å². The molecule has 0 aromatic heterocycles. The molecule has 0 aliphatic carbocycles. The third-order valence-electron chi connectivity index (χ3n) is 3.68. The fourth-order valence-electron chi connectivity index (χ4n) is 2.71. The highest BCUT2D eigenvalue weighted by Crippen LogP contribution is 2.10. The van der Waals surface area contributed by atoms with Crippen molar-refractivity contribution in [3.63, 3.8) is 0 Å². The second-order valence-electron chi connectivity index (χ2n) is 5.58. The Hall–Kier alpha value is -1.46. The molecule has 1 heterocycles. The Labute approximate surface area is 125 Å². The molecule has 1 unspecified atom stereocenters. The number of carbonyl (C=O) groups excluding carboxylic acids is 1. The quantitative estimate of drug-likeness (QED) is 0.810. The number of benzene rings is 1. The van der Waals surface area contributed by atoms with E-state index in [0.29, 0.717) is 18.3 Å². The molecule has 116 valence electrons. The van der Waals surface area contributed by atoms with Gasteiger partial charge in [-0.2, -0.15) is 0 Å². The first-order valence-electron chi connectivity index (χ1n) is 7.68.